The molecule has 0 radical (unpaired) electrons. The number of amides is 1. The van der Waals surface area contributed by atoms with Gasteiger partial charge >= 0.3 is 5.97 Å². The monoisotopic (exact) mass is 275 g/mol. The first-order valence-corrected chi connectivity index (χ1v) is 7.23. The van der Waals surface area contributed by atoms with E-state index in [4.69, 9.17) is 4.74 Å². The van der Waals surface area contributed by atoms with Gasteiger partial charge in [-0.15, -0.1) is 0 Å². The maximum absolute atomic E-state index is 12.0. The first-order valence-electron chi connectivity index (χ1n) is 7.23. The maximum Gasteiger partial charge on any atom is 0.338 e. The predicted molar refractivity (Wildman–Crippen MR) is 76.3 cm³/mol. The fourth-order valence-corrected chi connectivity index (χ4v) is 2.42. The highest BCUT2D eigenvalue weighted by atomic mass is 16.5. The summed E-state index contributed by atoms with van der Waals surface area (Å²) in [5.74, 6) is -0.668. The van der Waals surface area contributed by atoms with Gasteiger partial charge < -0.3 is 10.1 Å². The second-order valence-corrected chi connectivity index (χ2v) is 5.26. The third-order valence-electron chi connectivity index (χ3n) is 3.61. The number of rotatable bonds is 4. The number of hydrogen-bond acceptors (Lipinski definition) is 3. The van der Waals surface area contributed by atoms with Crippen molar-refractivity contribution in [3.8, 4) is 0 Å². The van der Waals surface area contributed by atoms with Gasteiger partial charge in [-0.2, -0.15) is 0 Å². The molecule has 0 aliphatic heterocycles. The van der Waals surface area contributed by atoms with Gasteiger partial charge in [-0.25, -0.2) is 4.79 Å². The largest absolute Gasteiger partial charge is 0.449 e. The van der Waals surface area contributed by atoms with Crippen LogP contribution in [0.2, 0.25) is 0 Å². The number of hydrogen-bond donors (Lipinski definition) is 1. The normalized spacial score (nSPS) is 17.2. The molecule has 2 rings (SSSR count). The standard InChI is InChI=1S/C16H21NO3/c1-12(15(18)17-14-10-6-3-7-11-14)20-16(19)13-8-4-2-5-9-13/h2,4-5,8-9,12,14H,3,6-7,10-11H2,1H3,(H,17,18)/t12-/m0/s1. The summed E-state index contributed by atoms with van der Waals surface area (Å²) in [6.07, 6.45) is 4.83. The van der Waals surface area contributed by atoms with Crippen LogP contribution in [-0.4, -0.2) is 24.0 Å². The Morgan fingerprint density at radius 2 is 1.80 bits per heavy atom. The summed E-state index contributed by atoms with van der Waals surface area (Å²) in [5.41, 5.74) is 0.463. The second kappa shape index (κ2) is 7.08. The van der Waals surface area contributed by atoms with E-state index >= 15 is 0 Å². The van der Waals surface area contributed by atoms with Crippen LogP contribution in [0.15, 0.2) is 30.3 Å². The molecular weight excluding hydrogens is 254 g/mol. The van der Waals surface area contributed by atoms with Crippen molar-refractivity contribution in [2.45, 2.75) is 51.2 Å². The van der Waals surface area contributed by atoms with Crippen LogP contribution in [0.4, 0.5) is 0 Å². The van der Waals surface area contributed by atoms with Gasteiger partial charge in [0.05, 0.1) is 5.56 Å². The molecule has 1 N–H and O–H groups in total. The molecule has 108 valence electrons. The van der Waals surface area contributed by atoms with Gasteiger partial charge in [-0.1, -0.05) is 37.5 Å². The third-order valence-corrected chi connectivity index (χ3v) is 3.61. The van der Waals surface area contributed by atoms with Crippen molar-refractivity contribution in [1.29, 1.82) is 0 Å². The van der Waals surface area contributed by atoms with Crippen LogP contribution in [0.5, 0.6) is 0 Å². The van der Waals surface area contributed by atoms with Crippen LogP contribution in [0.1, 0.15) is 49.4 Å². The SMILES string of the molecule is C[C@H](OC(=O)c1ccccc1)C(=O)NC1CCCCC1. The first-order chi connectivity index (χ1) is 9.66. The van der Waals surface area contributed by atoms with Gasteiger partial charge in [0, 0.05) is 6.04 Å². The molecule has 0 unspecified atom stereocenters. The van der Waals surface area contributed by atoms with E-state index in [1.54, 1.807) is 31.2 Å². The molecular formula is C16H21NO3. The summed E-state index contributed by atoms with van der Waals surface area (Å²) in [6, 6.07) is 8.94. The number of benzene rings is 1. The molecule has 0 aromatic heterocycles. The fourth-order valence-electron chi connectivity index (χ4n) is 2.42. The minimum absolute atomic E-state index is 0.207. The quantitative estimate of drug-likeness (QED) is 0.859. The average Bonchev–Trinajstić information content (AvgIpc) is 2.49. The van der Waals surface area contributed by atoms with Gasteiger partial charge in [0.25, 0.3) is 5.91 Å². The lowest BCUT2D eigenvalue weighted by Gasteiger charge is -2.24. The summed E-state index contributed by atoms with van der Waals surface area (Å²) in [5, 5.41) is 2.96. The van der Waals surface area contributed by atoms with E-state index in [9.17, 15) is 9.59 Å². The van der Waals surface area contributed by atoms with Crippen LogP contribution < -0.4 is 5.32 Å². The predicted octanol–water partition coefficient (Wildman–Crippen LogP) is 2.68. The fraction of sp³-hybridized carbons (Fsp3) is 0.500. The Labute approximate surface area is 119 Å². The Morgan fingerprint density at radius 3 is 2.45 bits per heavy atom. The molecule has 1 aliphatic rings. The number of carbonyl (C=O) groups is 2. The zero-order valence-electron chi connectivity index (χ0n) is 11.8. The van der Waals surface area contributed by atoms with Crippen molar-refractivity contribution in [2.75, 3.05) is 0 Å². The highest BCUT2D eigenvalue weighted by Crippen LogP contribution is 2.17. The van der Waals surface area contributed by atoms with Gasteiger partial charge in [0.2, 0.25) is 0 Å². The van der Waals surface area contributed by atoms with Gasteiger partial charge in [-0.3, -0.25) is 4.79 Å². The van der Waals surface area contributed by atoms with E-state index in [1.807, 2.05) is 6.07 Å². The van der Waals surface area contributed by atoms with Gasteiger partial charge in [0.15, 0.2) is 6.10 Å². The molecule has 1 fully saturated rings. The maximum atomic E-state index is 12.0. The average molecular weight is 275 g/mol. The molecule has 1 aromatic carbocycles. The molecule has 1 aliphatic carbocycles. The molecule has 1 atom stereocenters. The summed E-state index contributed by atoms with van der Waals surface area (Å²) in [7, 11) is 0. The van der Waals surface area contributed by atoms with Crippen LogP contribution in [0, 0.1) is 0 Å². The zero-order chi connectivity index (χ0) is 14.4. The van der Waals surface area contributed by atoms with Crippen molar-refractivity contribution in [1.82, 2.24) is 5.32 Å². The molecule has 1 saturated carbocycles. The molecule has 0 bridgehead atoms. The van der Waals surface area contributed by atoms with Crippen LogP contribution >= 0.6 is 0 Å². The smallest absolute Gasteiger partial charge is 0.338 e. The van der Waals surface area contributed by atoms with Gasteiger partial charge in [-0.05, 0) is 31.9 Å². The van der Waals surface area contributed by atoms with Crippen molar-refractivity contribution >= 4 is 11.9 Å². The lowest BCUT2D eigenvalue weighted by molar-refractivity contribution is -0.130. The second-order valence-electron chi connectivity index (χ2n) is 5.26. The lowest BCUT2D eigenvalue weighted by atomic mass is 9.95. The Balaban J connectivity index is 1.83. The van der Waals surface area contributed by atoms with E-state index in [0.29, 0.717) is 5.56 Å². The van der Waals surface area contributed by atoms with E-state index < -0.39 is 12.1 Å². The van der Waals surface area contributed by atoms with Crippen LogP contribution in [-0.2, 0) is 9.53 Å². The first kappa shape index (κ1) is 14.6. The summed E-state index contributed by atoms with van der Waals surface area (Å²) in [4.78, 5) is 23.8. The van der Waals surface area contributed by atoms with Crippen molar-refractivity contribution in [2.24, 2.45) is 0 Å². The molecule has 0 spiro atoms. The summed E-state index contributed by atoms with van der Waals surface area (Å²) in [6.45, 7) is 1.61. The van der Waals surface area contributed by atoms with Crippen molar-refractivity contribution in [3.63, 3.8) is 0 Å². The Morgan fingerprint density at radius 1 is 1.15 bits per heavy atom. The van der Waals surface area contributed by atoms with Crippen LogP contribution in [0.3, 0.4) is 0 Å². The highest BCUT2D eigenvalue weighted by Gasteiger charge is 2.22. The summed E-state index contributed by atoms with van der Waals surface area (Å²) >= 11 is 0. The van der Waals surface area contributed by atoms with E-state index in [1.165, 1.54) is 6.42 Å². The molecule has 4 heteroatoms. The van der Waals surface area contributed by atoms with E-state index in [0.717, 1.165) is 25.7 Å². The van der Waals surface area contributed by atoms with E-state index in [-0.39, 0.29) is 11.9 Å². The topological polar surface area (TPSA) is 55.4 Å². The molecule has 0 saturated heterocycles. The Kier molecular flexibility index (Phi) is 5.16. The Hall–Kier alpha value is -1.84. The number of nitrogens with one attached hydrogen (secondary N) is 1. The third kappa shape index (κ3) is 4.08. The molecule has 1 amide bonds. The lowest BCUT2D eigenvalue weighted by Crippen LogP contribution is -2.42. The van der Waals surface area contributed by atoms with Gasteiger partial charge in [0.1, 0.15) is 0 Å². The molecule has 20 heavy (non-hydrogen) atoms. The van der Waals surface area contributed by atoms with E-state index in [2.05, 4.69) is 5.32 Å². The number of carbonyl (C=O) groups excluding carboxylic acids is 2. The molecule has 1 aromatic rings. The number of ether oxygens (including phenoxy) is 1. The Bertz CT molecular complexity index is 452. The molecule has 0 heterocycles. The zero-order valence-corrected chi connectivity index (χ0v) is 11.8. The number of esters is 1. The minimum Gasteiger partial charge on any atom is -0.449 e. The summed E-state index contributed by atoms with van der Waals surface area (Å²) < 4.78 is 5.19. The minimum atomic E-state index is -0.760. The van der Waals surface area contributed by atoms with Crippen LogP contribution in [0.25, 0.3) is 0 Å². The van der Waals surface area contributed by atoms with Crippen molar-refractivity contribution in [3.05, 3.63) is 35.9 Å². The molecule has 4 nitrogen and oxygen atoms in total. The van der Waals surface area contributed by atoms with Crippen molar-refractivity contribution < 1.29 is 14.3 Å². The highest BCUT2D eigenvalue weighted by molar-refractivity contribution is 5.92.